The molecule has 0 aliphatic heterocycles. The topological polar surface area (TPSA) is 50.9 Å². The van der Waals surface area contributed by atoms with Gasteiger partial charge in [-0.3, -0.25) is 4.98 Å². The molecule has 0 saturated carbocycles. The van der Waals surface area contributed by atoms with Crippen LogP contribution in [-0.4, -0.2) is 26.2 Å². The number of rotatable bonds is 8. The summed E-state index contributed by atoms with van der Waals surface area (Å²) in [6.07, 6.45) is 5.03. The number of benzene rings is 1. The molecule has 0 fully saturated rings. The molecule has 1 aromatic carbocycles. The van der Waals surface area contributed by atoms with Gasteiger partial charge in [-0.15, -0.1) is 0 Å². The van der Waals surface area contributed by atoms with Crippen LogP contribution >= 0.6 is 35.0 Å². The van der Waals surface area contributed by atoms with Crippen molar-refractivity contribution < 1.29 is 5.11 Å². The Morgan fingerprint density at radius 2 is 1.93 bits per heavy atom. The average Bonchev–Trinajstić information content (AvgIpc) is 2.97. The highest BCUT2D eigenvalue weighted by Crippen LogP contribution is 2.37. The number of aliphatic hydroxyl groups is 1. The minimum atomic E-state index is 0.142. The van der Waals surface area contributed by atoms with E-state index in [1.807, 2.05) is 24.4 Å². The molecule has 0 aliphatic rings. The standard InChI is InChI=1S/C21H23Cl2N3OS/c1-14(2)20-21(28-18-10-16(22)9-17(23)11-18)26(19(25-20)6-4-8-27)13-15-5-3-7-24-12-15/h3,5,7,9-12,14,27H,4,6,8,13H2,1-2H3. The summed E-state index contributed by atoms with van der Waals surface area (Å²) in [6, 6.07) is 9.55. The highest BCUT2D eigenvalue weighted by molar-refractivity contribution is 7.99. The lowest BCUT2D eigenvalue weighted by atomic mass is 10.1. The predicted molar refractivity (Wildman–Crippen MR) is 116 cm³/mol. The van der Waals surface area contributed by atoms with Crippen molar-refractivity contribution in [2.24, 2.45) is 0 Å². The van der Waals surface area contributed by atoms with Gasteiger partial charge >= 0.3 is 0 Å². The van der Waals surface area contributed by atoms with Crippen molar-refractivity contribution in [3.05, 3.63) is 69.9 Å². The van der Waals surface area contributed by atoms with E-state index in [1.165, 1.54) is 0 Å². The second-order valence-electron chi connectivity index (χ2n) is 6.85. The van der Waals surface area contributed by atoms with Crippen LogP contribution in [0.2, 0.25) is 10.0 Å². The fourth-order valence-electron chi connectivity index (χ4n) is 2.95. The van der Waals surface area contributed by atoms with Gasteiger partial charge in [0, 0.05) is 40.4 Å². The number of hydrogen-bond acceptors (Lipinski definition) is 4. The highest BCUT2D eigenvalue weighted by atomic mass is 35.5. The number of aromatic nitrogens is 3. The molecular formula is C21H23Cl2N3OS. The molecule has 3 rings (SSSR count). The number of halogens is 2. The SMILES string of the molecule is CC(C)c1nc(CCCO)n(Cc2cccnc2)c1Sc1cc(Cl)cc(Cl)c1. The monoisotopic (exact) mass is 435 g/mol. The van der Waals surface area contributed by atoms with Gasteiger partial charge in [-0.2, -0.15) is 0 Å². The van der Waals surface area contributed by atoms with Gasteiger partial charge < -0.3 is 9.67 Å². The number of aliphatic hydroxyl groups excluding tert-OH is 1. The smallest absolute Gasteiger partial charge is 0.110 e. The maximum atomic E-state index is 9.31. The average molecular weight is 436 g/mol. The van der Waals surface area contributed by atoms with Crippen LogP contribution < -0.4 is 0 Å². The quantitative estimate of drug-likeness (QED) is 0.483. The van der Waals surface area contributed by atoms with Crippen LogP contribution in [-0.2, 0) is 13.0 Å². The summed E-state index contributed by atoms with van der Waals surface area (Å²) >= 11 is 14.0. The van der Waals surface area contributed by atoms with Crippen molar-refractivity contribution in [3.63, 3.8) is 0 Å². The Labute approximate surface area is 179 Å². The van der Waals surface area contributed by atoms with Crippen LogP contribution in [0.25, 0.3) is 0 Å². The van der Waals surface area contributed by atoms with E-state index in [-0.39, 0.29) is 12.5 Å². The van der Waals surface area contributed by atoms with Gasteiger partial charge in [0.25, 0.3) is 0 Å². The van der Waals surface area contributed by atoms with E-state index >= 15 is 0 Å². The van der Waals surface area contributed by atoms with Gasteiger partial charge in [0.15, 0.2) is 0 Å². The third-order valence-corrected chi connectivity index (χ3v) is 5.78. The van der Waals surface area contributed by atoms with Crippen LogP contribution in [0.1, 0.15) is 43.3 Å². The van der Waals surface area contributed by atoms with Crippen LogP contribution in [0.4, 0.5) is 0 Å². The van der Waals surface area contributed by atoms with Gasteiger partial charge in [-0.25, -0.2) is 4.98 Å². The molecule has 0 amide bonds. The first-order valence-corrected chi connectivity index (χ1v) is 10.8. The molecule has 0 aliphatic carbocycles. The zero-order valence-corrected chi connectivity index (χ0v) is 18.2. The molecule has 0 radical (unpaired) electrons. The molecule has 7 heteroatoms. The van der Waals surface area contributed by atoms with Crippen LogP contribution in [0.15, 0.2) is 52.6 Å². The largest absolute Gasteiger partial charge is 0.396 e. The van der Waals surface area contributed by atoms with Gasteiger partial charge in [-0.05, 0) is 42.2 Å². The third-order valence-electron chi connectivity index (χ3n) is 4.24. The van der Waals surface area contributed by atoms with Crippen LogP contribution in [0.3, 0.4) is 0 Å². The number of hydrogen-bond donors (Lipinski definition) is 1. The van der Waals surface area contributed by atoms with E-state index in [0.717, 1.165) is 27.0 Å². The Balaban J connectivity index is 2.06. The van der Waals surface area contributed by atoms with E-state index in [9.17, 15) is 5.11 Å². The van der Waals surface area contributed by atoms with Crippen molar-refractivity contribution in [2.75, 3.05) is 6.61 Å². The predicted octanol–water partition coefficient (Wildman–Crippen LogP) is 5.83. The minimum absolute atomic E-state index is 0.142. The molecule has 0 spiro atoms. The van der Waals surface area contributed by atoms with Gasteiger partial charge in [0.1, 0.15) is 10.9 Å². The Kier molecular flexibility index (Phi) is 7.41. The summed E-state index contributed by atoms with van der Waals surface area (Å²) in [5.74, 6) is 1.23. The highest BCUT2D eigenvalue weighted by Gasteiger charge is 2.21. The van der Waals surface area contributed by atoms with Crippen molar-refractivity contribution in [1.82, 2.24) is 14.5 Å². The molecule has 3 aromatic rings. The molecular weight excluding hydrogens is 413 g/mol. The molecule has 2 aromatic heterocycles. The zero-order chi connectivity index (χ0) is 20.1. The van der Waals surface area contributed by atoms with Crippen molar-refractivity contribution >= 4 is 35.0 Å². The maximum absolute atomic E-state index is 9.31. The first kappa shape index (κ1) is 21.2. The zero-order valence-electron chi connectivity index (χ0n) is 15.9. The Morgan fingerprint density at radius 1 is 1.18 bits per heavy atom. The van der Waals surface area contributed by atoms with E-state index in [4.69, 9.17) is 28.2 Å². The summed E-state index contributed by atoms with van der Waals surface area (Å²) < 4.78 is 2.22. The Morgan fingerprint density at radius 3 is 2.54 bits per heavy atom. The summed E-state index contributed by atoms with van der Waals surface area (Å²) in [5.41, 5.74) is 2.14. The fourth-order valence-corrected chi connectivity index (χ4v) is 4.87. The lowest BCUT2D eigenvalue weighted by Crippen LogP contribution is -2.08. The Bertz CT molecular complexity index is 909. The maximum Gasteiger partial charge on any atom is 0.110 e. The second kappa shape index (κ2) is 9.79. The van der Waals surface area contributed by atoms with Crippen molar-refractivity contribution in [1.29, 1.82) is 0 Å². The van der Waals surface area contributed by atoms with Crippen LogP contribution in [0.5, 0.6) is 0 Å². The number of pyridine rings is 1. The number of imidazole rings is 1. The van der Waals surface area contributed by atoms with Crippen molar-refractivity contribution in [3.8, 4) is 0 Å². The molecule has 4 nitrogen and oxygen atoms in total. The van der Waals surface area contributed by atoms with E-state index in [0.29, 0.717) is 29.4 Å². The lowest BCUT2D eigenvalue weighted by molar-refractivity contribution is 0.287. The molecule has 28 heavy (non-hydrogen) atoms. The van der Waals surface area contributed by atoms with Gasteiger partial charge in [0.05, 0.1) is 12.2 Å². The lowest BCUT2D eigenvalue weighted by Gasteiger charge is -2.14. The van der Waals surface area contributed by atoms with Crippen LogP contribution in [0, 0.1) is 0 Å². The van der Waals surface area contributed by atoms with E-state index in [1.54, 1.807) is 24.0 Å². The summed E-state index contributed by atoms with van der Waals surface area (Å²) in [5, 5.41) is 11.6. The molecule has 0 bridgehead atoms. The normalized spacial score (nSPS) is 11.4. The van der Waals surface area contributed by atoms with Gasteiger partial charge in [-0.1, -0.05) is 54.9 Å². The second-order valence-corrected chi connectivity index (χ2v) is 8.79. The molecule has 2 heterocycles. The van der Waals surface area contributed by atoms with E-state index in [2.05, 4.69) is 29.5 Å². The molecule has 1 N–H and O–H groups in total. The number of nitrogens with zero attached hydrogens (tertiary/aromatic N) is 3. The fraction of sp³-hybridized carbons (Fsp3) is 0.333. The van der Waals surface area contributed by atoms with Gasteiger partial charge in [0.2, 0.25) is 0 Å². The molecule has 0 unspecified atom stereocenters. The Hall–Kier alpha value is -1.53. The van der Waals surface area contributed by atoms with E-state index < -0.39 is 0 Å². The molecule has 0 saturated heterocycles. The first-order valence-electron chi connectivity index (χ1n) is 9.21. The summed E-state index contributed by atoms with van der Waals surface area (Å²) in [7, 11) is 0. The number of aryl methyl sites for hydroxylation is 1. The first-order chi connectivity index (χ1) is 13.5. The molecule has 0 atom stereocenters. The summed E-state index contributed by atoms with van der Waals surface area (Å²) in [6.45, 7) is 5.09. The summed E-state index contributed by atoms with van der Waals surface area (Å²) in [4.78, 5) is 10.1. The molecule has 148 valence electrons. The van der Waals surface area contributed by atoms with Crippen molar-refractivity contribution in [2.45, 2.75) is 49.1 Å². The third kappa shape index (κ3) is 5.29. The minimum Gasteiger partial charge on any atom is -0.396 e.